The summed E-state index contributed by atoms with van der Waals surface area (Å²) in [5.74, 6) is 0.636. The van der Waals surface area contributed by atoms with Crippen molar-refractivity contribution in [1.29, 1.82) is 0 Å². The molecule has 1 aromatic heterocycles. The molecule has 1 aliphatic rings. The van der Waals surface area contributed by atoms with Crippen LogP contribution in [0.1, 0.15) is 29.6 Å². The molecular weight excluding hydrogens is 408 g/mol. The number of para-hydroxylation sites is 1. The molecular formula is C17H14BrF2N5O. The van der Waals surface area contributed by atoms with Crippen LogP contribution < -0.4 is 10.1 Å². The van der Waals surface area contributed by atoms with Crippen molar-refractivity contribution in [3.63, 3.8) is 0 Å². The highest BCUT2D eigenvalue weighted by Crippen LogP contribution is 2.40. The number of anilines is 1. The quantitative estimate of drug-likeness (QED) is 0.684. The molecule has 0 radical (unpaired) electrons. The summed E-state index contributed by atoms with van der Waals surface area (Å²) >= 11 is 3.43. The average Bonchev–Trinajstić information content (AvgIpc) is 3.10. The van der Waals surface area contributed by atoms with E-state index in [1.807, 2.05) is 24.3 Å². The van der Waals surface area contributed by atoms with Gasteiger partial charge in [-0.15, -0.1) is 0 Å². The molecule has 4 rings (SSSR count). The minimum Gasteiger partial charge on any atom is -0.434 e. The van der Waals surface area contributed by atoms with Crippen LogP contribution in [0.15, 0.2) is 53.0 Å². The van der Waals surface area contributed by atoms with Crippen LogP contribution in [0.5, 0.6) is 5.75 Å². The fourth-order valence-corrected chi connectivity index (χ4v) is 3.44. The molecule has 0 amide bonds. The number of ether oxygens (including phenoxy) is 1. The third kappa shape index (κ3) is 3.26. The van der Waals surface area contributed by atoms with E-state index in [1.165, 1.54) is 6.07 Å². The van der Waals surface area contributed by atoms with Crippen molar-refractivity contribution in [2.75, 3.05) is 5.32 Å². The van der Waals surface area contributed by atoms with Gasteiger partial charge in [0.2, 0.25) is 5.95 Å². The third-order valence-electron chi connectivity index (χ3n) is 4.32. The van der Waals surface area contributed by atoms with Gasteiger partial charge >= 0.3 is 6.61 Å². The van der Waals surface area contributed by atoms with Crippen LogP contribution in [0.4, 0.5) is 14.7 Å². The molecule has 0 saturated heterocycles. The van der Waals surface area contributed by atoms with Gasteiger partial charge in [-0.2, -0.15) is 8.78 Å². The smallest absolute Gasteiger partial charge is 0.387 e. The Hall–Kier alpha value is -2.55. The second kappa shape index (κ2) is 6.99. The third-order valence-corrected chi connectivity index (χ3v) is 4.84. The van der Waals surface area contributed by atoms with E-state index >= 15 is 0 Å². The zero-order chi connectivity index (χ0) is 18.1. The van der Waals surface area contributed by atoms with Gasteiger partial charge in [0.25, 0.3) is 0 Å². The van der Waals surface area contributed by atoms with Crippen LogP contribution in [-0.4, -0.2) is 26.8 Å². The SMILES string of the molecule is FC(F)Oc1ccccc1[C@@H]1C[C@@H](c2ccc(Br)cc2)n2nnnc2N1. The monoisotopic (exact) mass is 421 g/mol. The standard InChI is InChI=1S/C17H14BrF2N5O/c18-11-7-5-10(6-8-11)14-9-13(21-17-22-23-24-25(14)17)12-3-1-2-4-15(12)26-16(19)20/h1-8,13-14,16H,9H2,(H,21,22,24)/t13-,14-/m0/s1. The lowest BCUT2D eigenvalue weighted by atomic mass is 9.93. The van der Waals surface area contributed by atoms with Gasteiger partial charge in [0.1, 0.15) is 5.75 Å². The Balaban J connectivity index is 1.71. The summed E-state index contributed by atoms with van der Waals surface area (Å²) in [4.78, 5) is 0. The highest BCUT2D eigenvalue weighted by molar-refractivity contribution is 9.10. The molecule has 26 heavy (non-hydrogen) atoms. The molecule has 0 saturated carbocycles. The van der Waals surface area contributed by atoms with Crippen molar-refractivity contribution in [1.82, 2.24) is 20.2 Å². The molecule has 0 bridgehead atoms. The first-order valence-electron chi connectivity index (χ1n) is 7.95. The fraction of sp³-hybridized carbons (Fsp3) is 0.235. The van der Waals surface area contributed by atoms with E-state index in [0.29, 0.717) is 17.9 Å². The minimum absolute atomic E-state index is 0.126. The first kappa shape index (κ1) is 16.9. The number of aromatic nitrogens is 4. The van der Waals surface area contributed by atoms with Gasteiger partial charge in [-0.1, -0.05) is 51.4 Å². The Morgan fingerprint density at radius 2 is 1.92 bits per heavy atom. The summed E-state index contributed by atoms with van der Waals surface area (Å²) in [5.41, 5.74) is 1.67. The lowest BCUT2D eigenvalue weighted by Crippen LogP contribution is -2.28. The number of alkyl halides is 2. The highest BCUT2D eigenvalue weighted by Gasteiger charge is 2.32. The molecule has 0 unspecified atom stereocenters. The minimum atomic E-state index is -2.88. The molecule has 0 aliphatic carbocycles. The highest BCUT2D eigenvalue weighted by atomic mass is 79.9. The van der Waals surface area contributed by atoms with Crippen LogP contribution in [0.25, 0.3) is 0 Å². The molecule has 3 aromatic rings. The molecule has 1 aliphatic heterocycles. The summed E-state index contributed by atoms with van der Waals surface area (Å²) in [6, 6.07) is 14.3. The van der Waals surface area contributed by atoms with Crippen LogP contribution in [0.2, 0.25) is 0 Å². The Morgan fingerprint density at radius 3 is 2.69 bits per heavy atom. The van der Waals surface area contributed by atoms with Gasteiger partial charge in [-0.3, -0.25) is 0 Å². The van der Waals surface area contributed by atoms with E-state index in [9.17, 15) is 8.78 Å². The van der Waals surface area contributed by atoms with E-state index in [2.05, 4.69) is 41.5 Å². The number of fused-ring (bicyclic) bond motifs is 1. The van der Waals surface area contributed by atoms with Crippen molar-refractivity contribution in [2.45, 2.75) is 25.1 Å². The van der Waals surface area contributed by atoms with Crippen LogP contribution >= 0.6 is 15.9 Å². The zero-order valence-electron chi connectivity index (χ0n) is 13.4. The number of hydrogen-bond acceptors (Lipinski definition) is 5. The number of tetrazole rings is 1. The van der Waals surface area contributed by atoms with Gasteiger partial charge in [-0.05, 0) is 40.6 Å². The van der Waals surface area contributed by atoms with E-state index in [0.717, 1.165) is 10.0 Å². The van der Waals surface area contributed by atoms with Gasteiger partial charge < -0.3 is 10.1 Å². The normalized spacial score (nSPS) is 19.1. The van der Waals surface area contributed by atoms with Crippen molar-refractivity contribution in [2.24, 2.45) is 0 Å². The summed E-state index contributed by atoms with van der Waals surface area (Å²) in [5, 5.41) is 15.0. The van der Waals surface area contributed by atoms with Crippen molar-refractivity contribution >= 4 is 21.9 Å². The first-order chi connectivity index (χ1) is 12.6. The number of hydrogen-bond donors (Lipinski definition) is 1. The summed E-state index contributed by atoms with van der Waals surface area (Å²) in [6.45, 7) is -2.88. The maximum atomic E-state index is 12.8. The van der Waals surface area contributed by atoms with Crippen LogP contribution in [0.3, 0.4) is 0 Å². The van der Waals surface area contributed by atoms with Gasteiger partial charge in [0.05, 0.1) is 12.1 Å². The van der Waals surface area contributed by atoms with E-state index < -0.39 is 6.61 Å². The van der Waals surface area contributed by atoms with Gasteiger partial charge in [0.15, 0.2) is 0 Å². The molecule has 6 nitrogen and oxygen atoms in total. The lowest BCUT2D eigenvalue weighted by Gasteiger charge is -2.31. The topological polar surface area (TPSA) is 64.9 Å². The Bertz CT molecular complexity index is 902. The van der Waals surface area contributed by atoms with E-state index in [4.69, 9.17) is 0 Å². The molecule has 0 spiro atoms. The number of nitrogens with zero attached hydrogens (tertiary/aromatic N) is 4. The lowest BCUT2D eigenvalue weighted by molar-refractivity contribution is -0.0506. The first-order valence-corrected chi connectivity index (χ1v) is 8.74. The predicted octanol–water partition coefficient (Wildman–Crippen LogP) is 4.18. The predicted molar refractivity (Wildman–Crippen MR) is 94.2 cm³/mol. The number of rotatable bonds is 4. The number of halogens is 3. The Morgan fingerprint density at radius 1 is 1.15 bits per heavy atom. The fourth-order valence-electron chi connectivity index (χ4n) is 3.18. The summed E-state index contributed by atoms with van der Waals surface area (Å²) in [6.07, 6.45) is 0.587. The van der Waals surface area contributed by atoms with Crippen molar-refractivity contribution < 1.29 is 13.5 Å². The maximum Gasteiger partial charge on any atom is 0.387 e. The summed E-state index contributed by atoms with van der Waals surface area (Å²) in [7, 11) is 0. The van der Waals surface area contributed by atoms with E-state index in [-0.39, 0.29) is 17.8 Å². The number of benzene rings is 2. The second-order valence-corrected chi connectivity index (χ2v) is 6.78. The number of nitrogens with one attached hydrogen (secondary N) is 1. The van der Waals surface area contributed by atoms with Crippen LogP contribution in [0, 0.1) is 0 Å². The average molecular weight is 422 g/mol. The van der Waals surface area contributed by atoms with Gasteiger partial charge in [0, 0.05) is 10.0 Å². The van der Waals surface area contributed by atoms with E-state index in [1.54, 1.807) is 22.9 Å². The molecule has 134 valence electrons. The van der Waals surface area contributed by atoms with Crippen LogP contribution in [-0.2, 0) is 0 Å². The molecule has 2 heterocycles. The van der Waals surface area contributed by atoms with Crippen molar-refractivity contribution in [3.05, 3.63) is 64.1 Å². The molecule has 2 atom stereocenters. The molecule has 9 heteroatoms. The molecule has 2 aromatic carbocycles. The largest absolute Gasteiger partial charge is 0.434 e. The zero-order valence-corrected chi connectivity index (χ0v) is 15.0. The molecule has 1 N–H and O–H groups in total. The Labute approximate surface area is 156 Å². The molecule has 0 fully saturated rings. The maximum absolute atomic E-state index is 12.8. The van der Waals surface area contributed by atoms with Crippen molar-refractivity contribution in [3.8, 4) is 5.75 Å². The van der Waals surface area contributed by atoms with Gasteiger partial charge in [-0.25, -0.2) is 4.68 Å². The Kier molecular flexibility index (Phi) is 4.54. The summed E-state index contributed by atoms with van der Waals surface area (Å²) < 4.78 is 32.9. The second-order valence-electron chi connectivity index (χ2n) is 5.86.